The SMILES string of the molecule is CCC(NC(=O)CN(c1ccc(Cl)c(C(F)(F)F)c1)S(=O)(=O)c1ccc(C)cc1)c1ccc(OC)c(OC)c1. The molecule has 1 unspecified atom stereocenters. The van der Waals surface area contributed by atoms with Crippen LogP contribution in [0.1, 0.15) is 36.1 Å². The minimum atomic E-state index is -4.84. The Labute approximate surface area is 230 Å². The molecule has 0 bridgehead atoms. The van der Waals surface area contributed by atoms with Gasteiger partial charge in [-0.3, -0.25) is 9.10 Å². The number of nitrogens with one attached hydrogen (secondary N) is 1. The van der Waals surface area contributed by atoms with Gasteiger partial charge in [0.15, 0.2) is 11.5 Å². The van der Waals surface area contributed by atoms with Crippen molar-refractivity contribution in [2.75, 3.05) is 25.1 Å². The first-order valence-corrected chi connectivity index (χ1v) is 13.6. The lowest BCUT2D eigenvalue weighted by atomic mass is 10.0. The number of benzene rings is 3. The van der Waals surface area contributed by atoms with E-state index in [4.69, 9.17) is 21.1 Å². The van der Waals surface area contributed by atoms with E-state index < -0.39 is 45.3 Å². The molecule has 0 heterocycles. The van der Waals surface area contributed by atoms with Crippen LogP contribution in [-0.2, 0) is 21.0 Å². The second kappa shape index (κ2) is 12.2. The second-order valence-electron chi connectivity index (χ2n) is 8.63. The number of amides is 1. The lowest BCUT2D eigenvalue weighted by Gasteiger charge is -2.26. The van der Waals surface area contributed by atoms with E-state index in [2.05, 4.69) is 5.32 Å². The molecule has 0 aliphatic carbocycles. The molecule has 0 saturated carbocycles. The van der Waals surface area contributed by atoms with E-state index in [9.17, 15) is 26.4 Å². The maximum Gasteiger partial charge on any atom is 0.417 e. The molecule has 39 heavy (non-hydrogen) atoms. The quantitative estimate of drug-likeness (QED) is 0.309. The summed E-state index contributed by atoms with van der Waals surface area (Å²) in [6.45, 7) is 2.80. The van der Waals surface area contributed by atoms with Crippen molar-refractivity contribution in [3.05, 3.63) is 82.4 Å². The molecule has 7 nitrogen and oxygen atoms in total. The fraction of sp³-hybridized carbons (Fsp3) is 0.296. The third-order valence-electron chi connectivity index (χ3n) is 5.99. The molecule has 210 valence electrons. The molecule has 0 aromatic heterocycles. The number of anilines is 1. The number of carbonyl (C=O) groups is 1. The van der Waals surface area contributed by atoms with Gasteiger partial charge in [0.2, 0.25) is 5.91 Å². The molecule has 1 N–H and O–H groups in total. The summed E-state index contributed by atoms with van der Waals surface area (Å²) >= 11 is 5.76. The summed E-state index contributed by atoms with van der Waals surface area (Å²) < 4.78 is 79.2. The number of methoxy groups -OCH3 is 2. The molecule has 0 spiro atoms. The van der Waals surface area contributed by atoms with Crippen LogP contribution in [-0.4, -0.2) is 35.1 Å². The van der Waals surface area contributed by atoms with Crippen LogP contribution in [0.5, 0.6) is 11.5 Å². The van der Waals surface area contributed by atoms with E-state index in [-0.39, 0.29) is 10.6 Å². The van der Waals surface area contributed by atoms with E-state index in [0.717, 1.165) is 17.7 Å². The summed E-state index contributed by atoms with van der Waals surface area (Å²) in [5, 5.41) is 2.18. The fourth-order valence-corrected chi connectivity index (χ4v) is 5.54. The van der Waals surface area contributed by atoms with Crippen LogP contribution in [0.2, 0.25) is 5.02 Å². The van der Waals surface area contributed by atoms with Gasteiger partial charge in [0.25, 0.3) is 10.0 Å². The number of halogens is 4. The molecule has 3 aromatic rings. The summed E-state index contributed by atoms with van der Waals surface area (Å²) in [5.74, 6) is 0.198. The largest absolute Gasteiger partial charge is 0.493 e. The van der Waals surface area contributed by atoms with Gasteiger partial charge in [0.05, 0.1) is 41.4 Å². The number of hydrogen-bond acceptors (Lipinski definition) is 5. The molecule has 0 radical (unpaired) electrons. The van der Waals surface area contributed by atoms with Crippen molar-refractivity contribution < 1.29 is 35.9 Å². The summed E-state index contributed by atoms with van der Waals surface area (Å²) in [7, 11) is -1.49. The average Bonchev–Trinajstić information content (AvgIpc) is 2.90. The number of alkyl halides is 3. The molecule has 0 aliphatic rings. The van der Waals surface area contributed by atoms with Crippen molar-refractivity contribution in [3.63, 3.8) is 0 Å². The van der Waals surface area contributed by atoms with Crippen LogP contribution < -0.4 is 19.1 Å². The highest BCUT2D eigenvalue weighted by molar-refractivity contribution is 7.92. The summed E-state index contributed by atoms with van der Waals surface area (Å²) in [6, 6.07) is 13.0. The predicted octanol–water partition coefficient (Wildman–Crippen LogP) is 6.15. The first kappa shape index (κ1) is 30.1. The van der Waals surface area contributed by atoms with Crippen LogP contribution >= 0.6 is 11.6 Å². The number of sulfonamides is 1. The normalized spacial score (nSPS) is 12.5. The summed E-state index contributed by atoms with van der Waals surface area (Å²) in [4.78, 5) is 13.0. The van der Waals surface area contributed by atoms with E-state index >= 15 is 0 Å². The first-order valence-electron chi connectivity index (χ1n) is 11.8. The van der Waals surface area contributed by atoms with Gasteiger partial charge in [-0.1, -0.05) is 42.3 Å². The number of carbonyl (C=O) groups excluding carboxylic acids is 1. The molecule has 12 heteroatoms. The van der Waals surface area contributed by atoms with Gasteiger partial charge in [0.1, 0.15) is 6.54 Å². The smallest absolute Gasteiger partial charge is 0.417 e. The van der Waals surface area contributed by atoms with Gasteiger partial charge in [-0.25, -0.2) is 8.42 Å². The van der Waals surface area contributed by atoms with Crippen molar-refractivity contribution in [1.29, 1.82) is 0 Å². The van der Waals surface area contributed by atoms with Gasteiger partial charge in [-0.2, -0.15) is 13.2 Å². The Balaban J connectivity index is 2.01. The van der Waals surface area contributed by atoms with E-state index in [1.165, 1.54) is 26.4 Å². The molecule has 0 fully saturated rings. The number of hydrogen-bond donors (Lipinski definition) is 1. The highest BCUT2D eigenvalue weighted by atomic mass is 35.5. The molecule has 1 amide bonds. The van der Waals surface area contributed by atoms with Crippen LogP contribution in [0, 0.1) is 6.92 Å². The number of aryl methyl sites for hydroxylation is 1. The van der Waals surface area contributed by atoms with Gasteiger partial charge in [0, 0.05) is 0 Å². The van der Waals surface area contributed by atoms with Crippen LogP contribution in [0.15, 0.2) is 65.6 Å². The molecule has 0 aliphatic heterocycles. The van der Waals surface area contributed by atoms with Crippen LogP contribution in [0.4, 0.5) is 18.9 Å². The Morgan fingerprint density at radius 2 is 1.64 bits per heavy atom. The second-order valence-corrected chi connectivity index (χ2v) is 10.9. The lowest BCUT2D eigenvalue weighted by Crippen LogP contribution is -2.42. The molecule has 1 atom stereocenters. The molecule has 3 rings (SSSR count). The van der Waals surface area contributed by atoms with Crippen LogP contribution in [0.25, 0.3) is 0 Å². The first-order chi connectivity index (χ1) is 18.3. The maximum absolute atomic E-state index is 13.6. The monoisotopic (exact) mass is 584 g/mol. The average molecular weight is 585 g/mol. The molecule has 0 saturated heterocycles. The Bertz CT molecular complexity index is 1430. The zero-order valence-electron chi connectivity index (χ0n) is 21.7. The van der Waals surface area contributed by atoms with Crippen LogP contribution in [0.3, 0.4) is 0 Å². The summed E-state index contributed by atoms with van der Waals surface area (Å²) in [6.07, 6.45) is -4.40. The Hall–Kier alpha value is -3.44. The van der Waals surface area contributed by atoms with Gasteiger partial charge in [-0.05, 0) is 61.4 Å². The summed E-state index contributed by atoms with van der Waals surface area (Å²) in [5.41, 5.74) is -0.128. The van der Waals surface area contributed by atoms with Crippen molar-refractivity contribution in [1.82, 2.24) is 5.32 Å². The van der Waals surface area contributed by atoms with E-state index in [1.54, 1.807) is 37.3 Å². The Kier molecular flexibility index (Phi) is 9.39. The van der Waals surface area contributed by atoms with E-state index in [0.29, 0.717) is 33.9 Å². The number of rotatable bonds is 10. The minimum Gasteiger partial charge on any atom is -0.493 e. The number of ether oxygens (including phenoxy) is 2. The standard InChI is InChI=1S/C27H28ClF3N2O5S/c1-5-23(18-8-13-24(37-3)25(14-18)38-4)32-26(34)16-33(39(35,36)20-10-6-17(2)7-11-20)19-9-12-22(28)21(15-19)27(29,30)31/h6-15,23H,5,16H2,1-4H3,(H,32,34). The highest BCUT2D eigenvalue weighted by Gasteiger charge is 2.35. The highest BCUT2D eigenvalue weighted by Crippen LogP contribution is 2.38. The zero-order valence-corrected chi connectivity index (χ0v) is 23.2. The molecule has 3 aromatic carbocycles. The third-order valence-corrected chi connectivity index (χ3v) is 8.11. The van der Waals surface area contributed by atoms with Crippen molar-refractivity contribution in [2.45, 2.75) is 37.4 Å². The third kappa shape index (κ3) is 6.96. The van der Waals surface area contributed by atoms with Gasteiger partial charge < -0.3 is 14.8 Å². The van der Waals surface area contributed by atoms with Gasteiger partial charge >= 0.3 is 6.18 Å². The Morgan fingerprint density at radius 3 is 2.21 bits per heavy atom. The predicted molar refractivity (Wildman–Crippen MR) is 143 cm³/mol. The maximum atomic E-state index is 13.6. The zero-order chi connectivity index (χ0) is 29.0. The lowest BCUT2D eigenvalue weighted by molar-refractivity contribution is -0.137. The fourth-order valence-electron chi connectivity index (χ4n) is 3.90. The topological polar surface area (TPSA) is 84.9 Å². The van der Waals surface area contributed by atoms with E-state index in [1.807, 2.05) is 6.92 Å². The minimum absolute atomic E-state index is 0.184. The van der Waals surface area contributed by atoms with Crippen molar-refractivity contribution >= 4 is 33.2 Å². The number of nitrogens with zero attached hydrogens (tertiary/aromatic N) is 1. The van der Waals surface area contributed by atoms with Gasteiger partial charge in [-0.15, -0.1) is 0 Å². The van der Waals surface area contributed by atoms with Crippen molar-refractivity contribution in [3.8, 4) is 11.5 Å². The molecular formula is C27H28ClF3N2O5S. The Morgan fingerprint density at radius 1 is 1.00 bits per heavy atom. The molecular weight excluding hydrogens is 557 g/mol. The van der Waals surface area contributed by atoms with Crippen molar-refractivity contribution in [2.24, 2.45) is 0 Å².